The van der Waals surface area contributed by atoms with Crippen molar-refractivity contribution >= 4 is 15.9 Å². The lowest BCUT2D eigenvalue weighted by molar-refractivity contribution is 0.167. The lowest BCUT2D eigenvalue weighted by atomic mass is 9.90. The Kier molecular flexibility index (Phi) is 3.93. The number of hydrogen-bond acceptors (Lipinski definition) is 3. The summed E-state index contributed by atoms with van der Waals surface area (Å²) in [6.45, 7) is 3.05. The van der Waals surface area contributed by atoms with E-state index in [9.17, 15) is 4.39 Å². The predicted molar refractivity (Wildman–Crippen MR) is 74.4 cm³/mol. The Labute approximate surface area is 120 Å². The minimum Gasteiger partial charge on any atom is -0.486 e. The van der Waals surface area contributed by atoms with Crippen molar-refractivity contribution in [2.75, 3.05) is 26.3 Å². The Balaban J connectivity index is 1.91. The maximum atomic E-state index is 14.3. The van der Waals surface area contributed by atoms with E-state index in [1.165, 1.54) is 0 Å². The standard InChI is InChI=1S/C14H17BrFNO2/c15-11-8-12-14(19-6-5-18-12)10(13(11)16)7-9-1-3-17-4-2-9/h8-9,17H,1-7H2. The second-order valence-electron chi connectivity index (χ2n) is 5.07. The summed E-state index contributed by atoms with van der Waals surface area (Å²) in [6.07, 6.45) is 2.89. The van der Waals surface area contributed by atoms with Gasteiger partial charge in [-0.1, -0.05) is 0 Å². The molecule has 19 heavy (non-hydrogen) atoms. The molecule has 3 nitrogen and oxygen atoms in total. The van der Waals surface area contributed by atoms with Gasteiger partial charge in [-0.05, 0) is 54.2 Å². The highest BCUT2D eigenvalue weighted by Crippen LogP contribution is 2.41. The van der Waals surface area contributed by atoms with Gasteiger partial charge in [0.1, 0.15) is 19.0 Å². The van der Waals surface area contributed by atoms with Crippen molar-refractivity contribution in [3.8, 4) is 11.5 Å². The zero-order chi connectivity index (χ0) is 13.2. The fourth-order valence-corrected chi connectivity index (χ4v) is 3.20. The molecule has 1 fully saturated rings. The number of halogens is 2. The molecule has 0 radical (unpaired) electrons. The van der Waals surface area contributed by atoms with Crippen LogP contribution in [0.1, 0.15) is 18.4 Å². The van der Waals surface area contributed by atoms with Crippen LogP contribution in [-0.2, 0) is 6.42 Å². The molecule has 1 aromatic carbocycles. The normalized spacial score (nSPS) is 19.5. The number of fused-ring (bicyclic) bond motifs is 1. The summed E-state index contributed by atoms with van der Waals surface area (Å²) >= 11 is 3.27. The molecule has 0 amide bonds. The van der Waals surface area contributed by atoms with Crippen molar-refractivity contribution in [3.05, 3.63) is 21.9 Å². The summed E-state index contributed by atoms with van der Waals surface area (Å²) in [6, 6.07) is 1.66. The molecule has 0 saturated carbocycles. The minimum absolute atomic E-state index is 0.206. The van der Waals surface area contributed by atoms with Crippen molar-refractivity contribution in [2.45, 2.75) is 19.3 Å². The SMILES string of the molecule is Fc1c(Br)cc2c(c1CC1CCNCC1)OCCO2. The average Bonchev–Trinajstić information content (AvgIpc) is 2.45. The van der Waals surface area contributed by atoms with Crippen molar-refractivity contribution in [2.24, 2.45) is 5.92 Å². The molecule has 0 atom stereocenters. The van der Waals surface area contributed by atoms with Crippen molar-refractivity contribution in [3.63, 3.8) is 0 Å². The predicted octanol–water partition coefficient (Wildman–Crippen LogP) is 2.90. The van der Waals surface area contributed by atoms with E-state index in [1.54, 1.807) is 6.07 Å². The molecule has 0 unspecified atom stereocenters. The second kappa shape index (κ2) is 5.67. The van der Waals surface area contributed by atoms with E-state index in [1.807, 2.05) is 0 Å². The van der Waals surface area contributed by atoms with Gasteiger partial charge in [-0.15, -0.1) is 0 Å². The Morgan fingerprint density at radius 2 is 2.00 bits per heavy atom. The Bertz CT molecular complexity index is 475. The Morgan fingerprint density at radius 3 is 2.79 bits per heavy atom. The zero-order valence-electron chi connectivity index (χ0n) is 10.7. The minimum atomic E-state index is -0.206. The number of benzene rings is 1. The molecule has 1 aromatic rings. The maximum absolute atomic E-state index is 14.3. The number of ether oxygens (including phenoxy) is 2. The van der Waals surface area contributed by atoms with E-state index in [0.717, 1.165) is 32.4 Å². The molecule has 1 N–H and O–H groups in total. The molecule has 2 heterocycles. The van der Waals surface area contributed by atoms with Gasteiger partial charge in [0.15, 0.2) is 11.5 Å². The van der Waals surface area contributed by atoms with Crippen LogP contribution in [-0.4, -0.2) is 26.3 Å². The smallest absolute Gasteiger partial charge is 0.167 e. The highest BCUT2D eigenvalue weighted by atomic mass is 79.9. The van der Waals surface area contributed by atoms with Crippen LogP contribution >= 0.6 is 15.9 Å². The summed E-state index contributed by atoms with van der Waals surface area (Å²) in [5.41, 5.74) is 0.663. The molecule has 0 spiro atoms. The third-order valence-corrected chi connectivity index (χ3v) is 4.35. The third kappa shape index (κ3) is 2.72. The maximum Gasteiger partial charge on any atom is 0.167 e. The highest BCUT2D eigenvalue weighted by molar-refractivity contribution is 9.10. The highest BCUT2D eigenvalue weighted by Gasteiger charge is 2.25. The van der Waals surface area contributed by atoms with Crippen LogP contribution in [0.2, 0.25) is 0 Å². The summed E-state index contributed by atoms with van der Waals surface area (Å²) in [5.74, 6) is 1.57. The van der Waals surface area contributed by atoms with Crippen LogP contribution < -0.4 is 14.8 Å². The van der Waals surface area contributed by atoms with Crippen molar-refractivity contribution in [1.29, 1.82) is 0 Å². The Hall–Kier alpha value is -0.810. The van der Waals surface area contributed by atoms with Gasteiger partial charge >= 0.3 is 0 Å². The molecule has 2 aliphatic heterocycles. The van der Waals surface area contributed by atoms with Crippen LogP contribution in [0.25, 0.3) is 0 Å². The van der Waals surface area contributed by atoms with Crippen molar-refractivity contribution < 1.29 is 13.9 Å². The first kappa shape index (κ1) is 13.2. The summed E-state index contributed by atoms with van der Waals surface area (Å²) < 4.78 is 26.0. The second-order valence-corrected chi connectivity index (χ2v) is 5.93. The third-order valence-electron chi connectivity index (χ3n) is 3.77. The quantitative estimate of drug-likeness (QED) is 0.905. The van der Waals surface area contributed by atoms with Gasteiger partial charge in [-0.3, -0.25) is 0 Å². The Morgan fingerprint density at radius 1 is 1.26 bits per heavy atom. The van der Waals surface area contributed by atoms with E-state index in [4.69, 9.17) is 9.47 Å². The zero-order valence-corrected chi connectivity index (χ0v) is 12.3. The molecule has 1 saturated heterocycles. The monoisotopic (exact) mass is 329 g/mol. The lowest BCUT2D eigenvalue weighted by Gasteiger charge is -2.26. The van der Waals surface area contributed by atoms with Crippen LogP contribution in [0.4, 0.5) is 4.39 Å². The molecule has 3 rings (SSSR count). The van der Waals surface area contributed by atoms with E-state index in [2.05, 4.69) is 21.2 Å². The van der Waals surface area contributed by atoms with E-state index in [0.29, 0.717) is 40.7 Å². The van der Waals surface area contributed by atoms with Crippen LogP contribution in [0.5, 0.6) is 11.5 Å². The van der Waals surface area contributed by atoms with Crippen molar-refractivity contribution in [1.82, 2.24) is 5.32 Å². The first-order chi connectivity index (χ1) is 9.25. The fourth-order valence-electron chi connectivity index (χ4n) is 2.75. The van der Waals surface area contributed by atoms with Crippen LogP contribution in [0.3, 0.4) is 0 Å². The number of rotatable bonds is 2. The topological polar surface area (TPSA) is 30.5 Å². The number of nitrogens with one attached hydrogen (secondary N) is 1. The van der Waals surface area contributed by atoms with Gasteiger partial charge in [0.2, 0.25) is 0 Å². The number of piperidine rings is 1. The van der Waals surface area contributed by atoms with Gasteiger partial charge in [0.25, 0.3) is 0 Å². The molecule has 0 aromatic heterocycles. The van der Waals surface area contributed by atoms with E-state index < -0.39 is 0 Å². The summed E-state index contributed by atoms with van der Waals surface area (Å²) in [5, 5.41) is 3.33. The molecule has 5 heteroatoms. The van der Waals surface area contributed by atoms with Gasteiger partial charge < -0.3 is 14.8 Å². The fraction of sp³-hybridized carbons (Fsp3) is 0.571. The molecule has 2 aliphatic rings. The number of hydrogen-bond donors (Lipinski definition) is 1. The summed E-state index contributed by atoms with van der Waals surface area (Å²) in [4.78, 5) is 0. The molecule has 0 aliphatic carbocycles. The van der Waals surface area contributed by atoms with E-state index >= 15 is 0 Å². The summed E-state index contributed by atoms with van der Waals surface area (Å²) in [7, 11) is 0. The van der Waals surface area contributed by atoms with Crippen LogP contribution in [0, 0.1) is 11.7 Å². The van der Waals surface area contributed by atoms with Gasteiger partial charge in [-0.25, -0.2) is 4.39 Å². The first-order valence-corrected chi connectivity index (χ1v) is 7.52. The largest absolute Gasteiger partial charge is 0.486 e. The van der Waals surface area contributed by atoms with Gasteiger partial charge in [0.05, 0.1) is 4.47 Å². The molecular formula is C14H17BrFNO2. The molecule has 0 bridgehead atoms. The average molecular weight is 330 g/mol. The lowest BCUT2D eigenvalue weighted by Crippen LogP contribution is -2.29. The van der Waals surface area contributed by atoms with Crippen LogP contribution in [0.15, 0.2) is 10.5 Å². The van der Waals surface area contributed by atoms with E-state index in [-0.39, 0.29) is 5.82 Å². The molecule has 104 valence electrons. The first-order valence-electron chi connectivity index (χ1n) is 6.73. The van der Waals surface area contributed by atoms with Gasteiger partial charge in [0, 0.05) is 11.6 Å². The molecular weight excluding hydrogens is 313 g/mol. The van der Waals surface area contributed by atoms with Gasteiger partial charge in [-0.2, -0.15) is 0 Å².